The quantitative estimate of drug-likeness (QED) is 0.646. The van der Waals surface area contributed by atoms with Gasteiger partial charge in [0.2, 0.25) is 0 Å². The molecule has 0 saturated carbocycles. The van der Waals surface area contributed by atoms with E-state index in [4.69, 9.17) is 4.74 Å². The van der Waals surface area contributed by atoms with Crippen molar-refractivity contribution in [3.05, 3.63) is 59.3 Å². The highest BCUT2D eigenvalue weighted by Crippen LogP contribution is 2.33. The van der Waals surface area contributed by atoms with E-state index in [1.54, 1.807) is 13.0 Å². The van der Waals surface area contributed by atoms with Gasteiger partial charge in [-0.3, -0.25) is 0 Å². The SMILES string of the molecule is CCOC(=O)c1c(CNc2ccccc2)n(CC)c2cc(C#N)c(O)cc12. The van der Waals surface area contributed by atoms with Crippen molar-refractivity contribution in [2.24, 2.45) is 0 Å². The van der Waals surface area contributed by atoms with Crippen molar-refractivity contribution in [3.63, 3.8) is 0 Å². The Kier molecular flexibility index (Phi) is 5.32. The Bertz CT molecular complexity index is 1020. The minimum atomic E-state index is -0.441. The Hall–Kier alpha value is -3.46. The van der Waals surface area contributed by atoms with Gasteiger partial charge in [-0.15, -0.1) is 0 Å². The van der Waals surface area contributed by atoms with Gasteiger partial charge in [0, 0.05) is 17.6 Å². The summed E-state index contributed by atoms with van der Waals surface area (Å²) in [6, 6.07) is 14.8. The van der Waals surface area contributed by atoms with Gasteiger partial charge in [0.25, 0.3) is 0 Å². The molecule has 1 heterocycles. The van der Waals surface area contributed by atoms with Crippen LogP contribution in [0, 0.1) is 11.3 Å². The molecule has 0 bridgehead atoms. The van der Waals surface area contributed by atoms with Crippen molar-refractivity contribution in [1.29, 1.82) is 5.26 Å². The van der Waals surface area contributed by atoms with Crippen LogP contribution >= 0.6 is 0 Å². The van der Waals surface area contributed by atoms with Crippen LogP contribution in [-0.4, -0.2) is 22.2 Å². The zero-order valence-electron chi connectivity index (χ0n) is 15.3. The number of fused-ring (bicyclic) bond motifs is 1. The summed E-state index contributed by atoms with van der Waals surface area (Å²) in [5.41, 5.74) is 2.99. The number of carbonyl (C=O) groups is 1. The Morgan fingerprint density at radius 2 is 2.00 bits per heavy atom. The summed E-state index contributed by atoms with van der Waals surface area (Å²) in [4.78, 5) is 12.7. The monoisotopic (exact) mass is 363 g/mol. The highest BCUT2D eigenvalue weighted by Gasteiger charge is 2.24. The minimum Gasteiger partial charge on any atom is -0.507 e. The van der Waals surface area contributed by atoms with Gasteiger partial charge in [-0.05, 0) is 38.1 Å². The van der Waals surface area contributed by atoms with E-state index in [9.17, 15) is 15.2 Å². The molecule has 138 valence electrons. The highest BCUT2D eigenvalue weighted by molar-refractivity contribution is 6.07. The number of aromatic nitrogens is 1. The number of ether oxygens (including phenoxy) is 1. The minimum absolute atomic E-state index is 0.147. The number of hydrogen-bond acceptors (Lipinski definition) is 5. The normalized spacial score (nSPS) is 10.6. The van der Waals surface area contributed by atoms with Crippen LogP contribution in [0.3, 0.4) is 0 Å². The van der Waals surface area contributed by atoms with Gasteiger partial charge in [-0.2, -0.15) is 5.26 Å². The molecule has 0 atom stereocenters. The lowest BCUT2D eigenvalue weighted by Crippen LogP contribution is -2.13. The Morgan fingerprint density at radius 1 is 1.26 bits per heavy atom. The molecule has 0 aliphatic rings. The lowest BCUT2D eigenvalue weighted by atomic mass is 10.1. The molecule has 0 amide bonds. The average Bonchev–Trinajstić information content (AvgIpc) is 2.98. The summed E-state index contributed by atoms with van der Waals surface area (Å²) >= 11 is 0. The van der Waals surface area contributed by atoms with Crippen LogP contribution in [0.2, 0.25) is 0 Å². The molecule has 0 spiro atoms. The van der Waals surface area contributed by atoms with E-state index in [0.717, 1.165) is 16.9 Å². The molecular weight excluding hydrogens is 342 g/mol. The number of carbonyl (C=O) groups excluding carboxylic acids is 1. The van der Waals surface area contributed by atoms with Crippen molar-refractivity contribution in [2.75, 3.05) is 11.9 Å². The van der Waals surface area contributed by atoms with E-state index in [2.05, 4.69) is 5.32 Å². The van der Waals surface area contributed by atoms with Gasteiger partial charge in [-0.1, -0.05) is 18.2 Å². The van der Waals surface area contributed by atoms with Crippen molar-refractivity contribution in [3.8, 4) is 11.8 Å². The number of hydrogen-bond donors (Lipinski definition) is 2. The predicted molar refractivity (Wildman–Crippen MR) is 104 cm³/mol. The van der Waals surface area contributed by atoms with Crippen molar-refractivity contribution in [2.45, 2.75) is 26.9 Å². The zero-order valence-corrected chi connectivity index (χ0v) is 15.3. The van der Waals surface area contributed by atoms with Crippen LogP contribution in [0.1, 0.15) is 35.5 Å². The molecule has 3 rings (SSSR count). The fourth-order valence-electron chi connectivity index (χ4n) is 3.24. The van der Waals surface area contributed by atoms with Gasteiger partial charge in [0.05, 0.1) is 35.5 Å². The van der Waals surface area contributed by atoms with E-state index in [1.807, 2.05) is 47.9 Å². The standard InChI is InChI=1S/C21H21N3O3/c1-3-24-17-10-14(12-22)19(25)11-16(17)20(21(26)27-4-2)18(24)13-23-15-8-6-5-7-9-15/h5-11,23,25H,3-4,13H2,1-2H3. The second kappa shape index (κ2) is 7.83. The number of phenols is 1. The number of nitrogens with one attached hydrogen (secondary N) is 1. The fraction of sp³-hybridized carbons (Fsp3) is 0.238. The number of aryl methyl sites for hydroxylation is 1. The van der Waals surface area contributed by atoms with E-state index < -0.39 is 5.97 Å². The molecule has 3 aromatic rings. The maximum atomic E-state index is 12.7. The summed E-state index contributed by atoms with van der Waals surface area (Å²) in [5.74, 6) is -0.588. The number of benzene rings is 2. The van der Waals surface area contributed by atoms with E-state index >= 15 is 0 Å². The number of para-hydroxylation sites is 1. The molecule has 2 aromatic carbocycles. The van der Waals surface area contributed by atoms with E-state index in [-0.39, 0.29) is 17.9 Å². The summed E-state index contributed by atoms with van der Waals surface area (Å²) < 4.78 is 7.23. The highest BCUT2D eigenvalue weighted by atomic mass is 16.5. The number of nitriles is 1. The lowest BCUT2D eigenvalue weighted by molar-refractivity contribution is 0.0527. The number of nitrogens with zero attached hydrogens (tertiary/aromatic N) is 2. The first-order chi connectivity index (χ1) is 13.1. The second-order valence-electron chi connectivity index (χ2n) is 6.00. The van der Waals surface area contributed by atoms with Crippen LogP contribution < -0.4 is 5.32 Å². The van der Waals surface area contributed by atoms with Gasteiger partial charge in [0.1, 0.15) is 11.8 Å². The number of aromatic hydroxyl groups is 1. The predicted octanol–water partition coefficient (Wildman–Crippen LogP) is 4.03. The zero-order chi connectivity index (χ0) is 19.4. The molecule has 0 saturated heterocycles. The van der Waals surface area contributed by atoms with Gasteiger partial charge in [-0.25, -0.2) is 4.79 Å². The molecule has 6 nitrogen and oxygen atoms in total. The Balaban J connectivity index is 2.17. The largest absolute Gasteiger partial charge is 0.507 e. The maximum Gasteiger partial charge on any atom is 0.340 e. The molecule has 0 radical (unpaired) electrons. The number of rotatable bonds is 6. The third-order valence-electron chi connectivity index (χ3n) is 4.44. The summed E-state index contributed by atoms with van der Waals surface area (Å²) in [7, 11) is 0. The van der Waals surface area contributed by atoms with Crippen molar-refractivity contribution in [1.82, 2.24) is 4.57 Å². The van der Waals surface area contributed by atoms with Crippen LogP contribution in [-0.2, 0) is 17.8 Å². The van der Waals surface area contributed by atoms with Crippen LogP contribution in [0.15, 0.2) is 42.5 Å². The first-order valence-corrected chi connectivity index (χ1v) is 8.84. The topological polar surface area (TPSA) is 87.3 Å². The van der Waals surface area contributed by atoms with Crippen LogP contribution in [0.4, 0.5) is 5.69 Å². The number of esters is 1. The second-order valence-corrected chi connectivity index (χ2v) is 6.00. The van der Waals surface area contributed by atoms with Crippen molar-refractivity contribution < 1.29 is 14.6 Å². The maximum absolute atomic E-state index is 12.7. The van der Waals surface area contributed by atoms with Gasteiger partial charge < -0.3 is 19.7 Å². The van der Waals surface area contributed by atoms with Crippen LogP contribution in [0.5, 0.6) is 5.75 Å². The fourth-order valence-corrected chi connectivity index (χ4v) is 3.24. The van der Waals surface area contributed by atoms with Crippen molar-refractivity contribution >= 4 is 22.6 Å². The Morgan fingerprint density at radius 3 is 2.63 bits per heavy atom. The number of anilines is 1. The lowest BCUT2D eigenvalue weighted by Gasteiger charge is -2.12. The third kappa shape index (κ3) is 3.44. The smallest absolute Gasteiger partial charge is 0.340 e. The first-order valence-electron chi connectivity index (χ1n) is 8.84. The third-order valence-corrected chi connectivity index (χ3v) is 4.44. The molecule has 0 aliphatic heterocycles. The summed E-state index contributed by atoms with van der Waals surface area (Å²) in [5, 5.41) is 23.3. The average molecular weight is 363 g/mol. The molecule has 0 unspecified atom stereocenters. The van der Waals surface area contributed by atoms with E-state index in [1.165, 1.54) is 6.07 Å². The molecule has 0 fully saturated rings. The summed E-state index contributed by atoms with van der Waals surface area (Å²) in [6.07, 6.45) is 0. The molecule has 1 aromatic heterocycles. The molecule has 0 aliphatic carbocycles. The molecule has 2 N–H and O–H groups in total. The van der Waals surface area contributed by atoms with Gasteiger partial charge in [0.15, 0.2) is 0 Å². The molecular formula is C21H21N3O3. The van der Waals surface area contributed by atoms with Gasteiger partial charge >= 0.3 is 5.97 Å². The molecule has 27 heavy (non-hydrogen) atoms. The van der Waals surface area contributed by atoms with E-state index in [0.29, 0.717) is 24.0 Å². The molecule has 6 heteroatoms. The number of phenolic OH excluding ortho intramolecular Hbond substituents is 1. The van der Waals surface area contributed by atoms with Crippen LogP contribution in [0.25, 0.3) is 10.9 Å². The first kappa shape index (κ1) is 18.3. The Labute approximate surface area is 157 Å². The summed E-state index contributed by atoms with van der Waals surface area (Å²) in [6.45, 7) is 5.00.